The SMILES string of the molecule is CC(CC(C)(C)C)c1ccccc1NC(O)C1=C(Br)SCC1. The standard InChI is InChI=1S/C18H26BrNOS/c1-12(11-18(2,3)4)13-7-5-6-8-15(13)20-17(21)14-9-10-22-16(14)19/h5-8,12,17,20-21H,9-11H2,1-4H3. The predicted octanol–water partition coefficient (Wildman–Crippen LogP) is 5.70. The first-order chi connectivity index (χ1) is 10.3. The number of hydrogen-bond acceptors (Lipinski definition) is 3. The summed E-state index contributed by atoms with van der Waals surface area (Å²) in [6.07, 6.45) is 1.43. The molecule has 1 aromatic carbocycles. The van der Waals surface area contributed by atoms with Crippen molar-refractivity contribution in [1.82, 2.24) is 0 Å². The van der Waals surface area contributed by atoms with Gasteiger partial charge in [0.1, 0.15) is 6.23 Å². The molecule has 2 rings (SSSR count). The van der Waals surface area contributed by atoms with Gasteiger partial charge in [-0.1, -0.05) is 45.9 Å². The average Bonchev–Trinajstić information content (AvgIpc) is 2.83. The third kappa shape index (κ3) is 4.77. The fourth-order valence-electron chi connectivity index (χ4n) is 3.01. The van der Waals surface area contributed by atoms with Crippen molar-refractivity contribution in [3.8, 4) is 0 Å². The summed E-state index contributed by atoms with van der Waals surface area (Å²) in [5.74, 6) is 1.49. The van der Waals surface area contributed by atoms with Crippen molar-refractivity contribution in [2.75, 3.05) is 11.1 Å². The minimum absolute atomic E-state index is 0.290. The lowest BCUT2D eigenvalue weighted by Crippen LogP contribution is -2.22. The molecule has 0 aromatic heterocycles. The van der Waals surface area contributed by atoms with Crippen LogP contribution in [0.25, 0.3) is 0 Å². The molecule has 1 aliphatic heterocycles. The molecule has 1 heterocycles. The van der Waals surface area contributed by atoms with E-state index in [0.717, 1.165) is 33.7 Å². The van der Waals surface area contributed by atoms with Crippen LogP contribution in [-0.2, 0) is 0 Å². The van der Waals surface area contributed by atoms with Gasteiger partial charge in [0.25, 0.3) is 0 Å². The summed E-state index contributed by atoms with van der Waals surface area (Å²) in [6.45, 7) is 9.07. The molecule has 0 radical (unpaired) electrons. The molecule has 4 heteroatoms. The van der Waals surface area contributed by atoms with Crippen LogP contribution in [-0.4, -0.2) is 17.1 Å². The summed E-state index contributed by atoms with van der Waals surface area (Å²) in [4.78, 5) is 0. The van der Waals surface area contributed by atoms with Crippen LogP contribution in [0, 0.1) is 5.41 Å². The predicted molar refractivity (Wildman–Crippen MR) is 102 cm³/mol. The van der Waals surface area contributed by atoms with E-state index in [2.05, 4.69) is 67.1 Å². The Bertz CT molecular complexity index is 550. The van der Waals surface area contributed by atoms with Gasteiger partial charge in [-0.15, -0.1) is 11.8 Å². The maximum Gasteiger partial charge on any atom is 0.148 e. The molecule has 0 saturated carbocycles. The van der Waals surface area contributed by atoms with Crippen LogP contribution in [0.3, 0.4) is 0 Å². The zero-order valence-corrected chi connectivity index (χ0v) is 16.2. The van der Waals surface area contributed by atoms with Crippen LogP contribution in [0.1, 0.15) is 52.0 Å². The van der Waals surface area contributed by atoms with Crippen molar-refractivity contribution in [2.24, 2.45) is 5.41 Å². The summed E-state index contributed by atoms with van der Waals surface area (Å²) in [5.41, 5.74) is 3.66. The Labute approximate surface area is 146 Å². The molecular weight excluding hydrogens is 358 g/mol. The van der Waals surface area contributed by atoms with Crippen molar-refractivity contribution in [2.45, 2.75) is 52.7 Å². The molecular formula is C18H26BrNOS. The number of aliphatic hydroxyl groups excluding tert-OH is 1. The van der Waals surface area contributed by atoms with E-state index >= 15 is 0 Å². The molecule has 2 nitrogen and oxygen atoms in total. The first-order valence-electron chi connectivity index (χ1n) is 7.83. The quantitative estimate of drug-likeness (QED) is 0.639. The Kier molecular flexibility index (Phi) is 6.03. The summed E-state index contributed by atoms with van der Waals surface area (Å²) < 4.78 is 1.08. The maximum atomic E-state index is 10.5. The number of para-hydroxylation sites is 1. The van der Waals surface area contributed by atoms with E-state index in [1.165, 1.54) is 5.56 Å². The number of rotatable bonds is 5. The summed E-state index contributed by atoms with van der Waals surface area (Å²) in [5, 5.41) is 13.8. The van der Waals surface area contributed by atoms with Gasteiger partial charge in [0.05, 0.1) is 3.81 Å². The van der Waals surface area contributed by atoms with Crippen molar-refractivity contribution in [1.29, 1.82) is 0 Å². The molecule has 1 aliphatic rings. The van der Waals surface area contributed by atoms with Crippen molar-refractivity contribution in [3.63, 3.8) is 0 Å². The zero-order chi connectivity index (χ0) is 16.3. The maximum absolute atomic E-state index is 10.5. The van der Waals surface area contributed by atoms with Gasteiger partial charge < -0.3 is 10.4 Å². The second kappa shape index (κ2) is 7.41. The highest BCUT2D eigenvalue weighted by atomic mass is 79.9. The van der Waals surface area contributed by atoms with Gasteiger partial charge in [0.15, 0.2) is 0 Å². The number of hydrogen-bond donors (Lipinski definition) is 2. The first-order valence-corrected chi connectivity index (χ1v) is 9.60. The average molecular weight is 384 g/mol. The van der Waals surface area contributed by atoms with Gasteiger partial charge in [0, 0.05) is 11.4 Å². The highest BCUT2D eigenvalue weighted by molar-refractivity contribution is 9.14. The Balaban J connectivity index is 2.16. The van der Waals surface area contributed by atoms with Crippen molar-refractivity contribution < 1.29 is 5.11 Å². The van der Waals surface area contributed by atoms with Crippen molar-refractivity contribution >= 4 is 33.4 Å². The van der Waals surface area contributed by atoms with E-state index in [-0.39, 0.29) is 0 Å². The molecule has 122 valence electrons. The lowest BCUT2D eigenvalue weighted by molar-refractivity contribution is 0.237. The minimum Gasteiger partial charge on any atom is -0.370 e. The van der Waals surface area contributed by atoms with Gasteiger partial charge >= 0.3 is 0 Å². The highest BCUT2D eigenvalue weighted by Gasteiger charge is 2.23. The zero-order valence-electron chi connectivity index (χ0n) is 13.8. The third-order valence-electron chi connectivity index (χ3n) is 3.89. The molecule has 2 N–H and O–H groups in total. The van der Waals surface area contributed by atoms with E-state index in [9.17, 15) is 5.11 Å². The molecule has 2 atom stereocenters. The van der Waals surface area contributed by atoms with Gasteiger partial charge in [0.2, 0.25) is 0 Å². The number of halogens is 1. The van der Waals surface area contributed by atoms with Gasteiger partial charge in [-0.2, -0.15) is 0 Å². The lowest BCUT2D eigenvalue weighted by atomic mass is 9.82. The minimum atomic E-state index is -0.618. The lowest BCUT2D eigenvalue weighted by Gasteiger charge is -2.26. The van der Waals surface area contributed by atoms with E-state index < -0.39 is 6.23 Å². The second-order valence-electron chi connectivity index (χ2n) is 7.20. The molecule has 1 aromatic rings. The van der Waals surface area contributed by atoms with Crippen LogP contribution in [0.2, 0.25) is 0 Å². The van der Waals surface area contributed by atoms with E-state index in [1.807, 2.05) is 6.07 Å². The number of aliphatic hydroxyl groups is 1. The van der Waals surface area contributed by atoms with Gasteiger partial charge in [-0.05, 0) is 57.3 Å². The number of anilines is 1. The monoisotopic (exact) mass is 383 g/mol. The van der Waals surface area contributed by atoms with E-state index in [0.29, 0.717) is 11.3 Å². The van der Waals surface area contributed by atoms with Gasteiger partial charge in [-0.25, -0.2) is 0 Å². The summed E-state index contributed by atoms with van der Waals surface area (Å²) >= 11 is 5.31. The second-order valence-corrected chi connectivity index (χ2v) is 9.62. The molecule has 0 fully saturated rings. The fraction of sp³-hybridized carbons (Fsp3) is 0.556. The molecule has 22 heavy (non-hydrogen) atoms. The van der Waals surface area contributed by atoms with Gasteiger partial charge in [-0.3, -0.25) is 0 Å². The van der Waals surface area contributed by atoms with E-state index in [4.69, 9.17) is 0 Å². The molecule has 0 bridgehead atoms. The van der Waals surface area contributed by atoms with Crippen LogP contribution in [0.4, 0.5) is 5.69 Å². The Hall–Kier alpha value is -0.450. The van der Waals surface area contributed by atoms with Crippen LogP contribution >= 0.6 is 27.7 Å². The summed E-state index contributed by atoms with van der Waals surface area (Å²) in [7, 11) is 0. The van der Waals surface area contributed by atoms with E-state index in [1.54, 1.807) is 11.8 Å². The third-order valence-corrected chi connectivity index (χ3v) is 6.01. The number of benzene rings is 1. The molecule has 0 aliphatic carbocycles. The Morgan fingerprint density at radius 3 is 2.59 bits per heavy atom. The first kappa shape index (κ1) is 17.9. The fourth-order valence-corrected chi connectivity index (χ4v) is 4.81. The largest absolute Gasteiger partial charge is 0.370 e. The molecule has 0 spiro atoms. The normalized spacial score (nSPS) is 18.5. The highest BCUT2D eigenvalue weighted by Crippen LogP contribution is 2.39. The Morgan fingerprint density at radius 1 is 1.32 bits per heavy atom. The molecule has 2 unspecified atom stereocenters. The van der Waals surface area contributed by atoms with Crippen LogP contribution in [0.15, 0.2) is 33.7 Å². The summed E-state index contributed by atoms with van der Waals surface area (Å²) in [6, 6.07) is 8.33. The smallest absolute Gasteiger partial charge is 0.148 e. The molecule has 0 saturated heterocycles. The van der Waals surface area contributed by atoms with Crippen LogP contribution < -0.4 is 5.32 Å². The number of nitrogens with one attached hydrogen (secondary N) is 1. The number of thioether (sulfide) groups is 1. The molecule has 0 amide bonds. The van der Waals surface area contributed by atoms with Crippen LogP contribution in [0.5, 0.6) is 0 Å². The Morgan fingerprint density at radius 2 is 2.00 bits per heavy atom. The topological polar surface area (TPSA) is 32.3 Å². The van der Waals surface area contributed by atoms with Crippen molar-refractivity contribution in [3.05, 3.63) is 39.2 Å².